The second-order valence-corrected chi connectivity index (χ2v) is 2.85. The lowest BCUT2D eigenvalue weighted by Crippen LogP contribution is -2.48. The highest BCUT2D eigenvalue weighted by Crippen LogP contribution is 1.95. The third-order valence-electron chi connectivity index (χ3n) is 1.83. The molecule has 0 aromatic rings. The predicted octanol–water partition coefficient (Wildman–Crippen LogP) is -1.73. The van der Waals surface area contributed by atoms with Crippen LogP contribution in [-0.2, 0) is 14.4 Å². The summed E-state index contributed by atoms with van der Waals surface area (Å²) in [5, 5.41) is 2.48. The van der Waals surface area contributed by atoms with Crippen LogP contribution < -0.4 is 16.5 Å². The summed E-state index contributed by atoms with van der Waals surface area (Å²) >= 11 is 0. The lowest BCUT2D eigenvalue weighted by Gasteiger charge is -2.12. The Morgan fingerprint density at radius 1 is 1.92 bits per heavy atom. The number of nitrogens with two attached hydrogens (primary N) is 1. The Morgan fingerprint density at radius 3 is 3.08 bits per heavy atom. The molecule has 4 N–H and O–H groups in total. The lowest BCUT2D eigenvalue weighted by atomic mass is 10.2. The summed E-state index contributed by atoms with van der Waals surface area (Å²) in [6, 6.07) is -1.17. The number of amides is 2. The summed E-state index contributed by atoms with van der Waals surface area (Å²) in [5.74, 6) is -0.662. The summed E-state index contributed by atoms with van der Waals surface area (Å²) in [5.41, 5.74) is 7.59. The molecule has 1 aliphatic heterocycles. The normalized spacial score (nSPS) is 23.8. The van der Waals surface area contributed by atoms with Gasteiger partial charge in [-0.2, -0.15) is 0 Å². The van der Waals surface area contributed by atoms with Crippen molar-refractivity contribution in [2.75, 3.05) is 6.61 Å². The molecule has 6 nitrogen and oxygen atoms in total. The number of carbonyl (C=O) groups is 2. The van der Waals surface area contributed by atoms with Crippen LogP contribution in [-0.4, -0.2) is 30.5 Å². The van der Waals surface area contributed by atoms with Crippen LogP contribution in [0, 0.1) is 0 Å². The van der Waals surface area contributed by atoms with E-state index in [1.165, 1.54) is 0 Å². The minimum absolute atomic E-state index is 0.154. The van der Waals surface area contributed by atoms with Gasteiger partial charge in [0.25, 0.3) is 5.91 Å². The number of hydroxylamine groups is 1. The zero-order chi connectivity index (χ0) is 9.84. The third-order valence-corrected chi connectivity index (χ3v) is 1.83. The Labute approximate surface area is 75.8 Å². The van der Waals surface area contributed by atoms with Crippen molar-refractivity contribution in [3.05, 3.63) is 0 Å². The molecule has 13 heavy (non-hydrogen) atoms. The van der Waals surface area contributed by atoms with Gasteiger partial charge in [-0.25, -0.2) is 5.48 Å². The van der Waals surface area contributed by atoms with Crippen molar-refractivity contribution in [3.8, 4) is 0 Å². The molecule has 6 heteroatoms. The fraction of sp³-hybridized carbons (Fsp3) is 0.714. The number of nitrogens with one attached hydrogen (secondary N) is 2. The first-order valence-electron chi connectivity index (χ1n) is 4.12. The van der Waals surface area contributed by atoms with Crippen LogP contribution in [0.1, 0.15) is 13.3 Å². The highest BCUT2D eigenvalue weighted by Gasteiger charge is 2.28. The van der Waals surface area contributed by atoms with E-state index in [9.17, 15) is 9.59 Å². The molecule has 2 unspecified atom stereocenters. The number of hydrogen-bond donors (Lipinski definition) is 3. The third kappa shape index (κ3) is 2.40. The second-order valence-electron chi connectivity index (χ2n) is 2.85. The van der Waals surface area contributed by atoms with Crippen LogP contribution >= 0.6 is 0 Å². The largest absolute Gasteiger partial charge is 0.341 e. The van der Waals surface area contributed by atoms with Crippen molar-refractivity contribution in [3.63, 3.8) is 0 Å². The number of carbonyl (C=O) groups excluding carboxylic acids is 2. The summed E-state index contributed by atoms with van der Waals surface area (Å²) in [6.45, 7) is 1.95. The Bertz CT molecular complexity index is 219. The van der Waals surface area contributed by atoms with Crippen molar-refractivity contribution in [1.82, 2.24) is 10.8 Å². The molecule has 1 aliphatic rings. The lowest BCUT2D eigenvalue weighted by molar-refractivity contribution is -0.129. The highest BCUT2D eigenvalue weighted by molar-refractivity contribution is 5.90. The zero-order valence-corrected chi connectivity index (χ0v) is 7.37. The molecular weight excluding hydrogens is 174 g/mol. The van der Waals surface area contributed by atoms with E-state index >= 15 is 0 Å². The maximum absolute atomic E-state index is 11.2. The maximum Gasteiger partial charge on any atom is 0.268 e. The second kappa shape index (κ2) is 4.20. The van der Waals surface area contributed by atoms with Crippen molar-refractivity contribution < 1.29 is 14.4 Å². The first-order valence-corrected chi connectivity index (χ1v) is 4.12. The van der Waals surface area contributed by atoms with E-state index in [0.717, 1.165) is 0 Å². The van der Waals surface area contributed by atoms with Gasteiger partial charge in [-0.15, -0.1) is 0 Å². The summed E-state index contributed by atoms with van der Waals surface area (Å²) < 4.78 is 0. The van der Waals surface area contributed by atoms with Crippen LogP contribution in [0.4, 0.5) is 0 Å². The van der Waals surface area contributed by atoms with Crippen LogP contribution in [0.25, 0.3) is 0 Å². The van der Waals surface area contributed by atoms with Gasteiger partial charge in [-0.05, 0) is 6.42 Å². The van der Waals surface area contributed by atoms with Gasteiger partial charge >= 0.3 is 0 Å². The Hall–Kier alpha value is -1.14. The molecule has 0 aliphatic carbocycles. The molecule has 0 aromatic heterocycles. The molecule has 1 rings (SSSR count). The molecule has 2 amide bonds. The number of rotatable bonds is 3. The van der Waals surface area contributed by atoms with Crippen molar-refractivity contribution in [2.24, 2.45) is 5.73 Å². The van der Waals surface area contributed by atoms with E-state index in [1.807, 2.05) is 0 Å². The molecule has 1 saturated heterocycles. The van der Waals surface area contributed by atoms with Gasteiger partial charge < -0.3 is 11.1 Å². The first-order chi connectivity index (χ1) is 6.15. The smallest absolute Gasteiger partial charge is 0.268 e. The van der Waals surface area contributed by atoms with Gasteiger partial charge in [0, 0.05) is 0 Å². The maximum atomic E-state index is 11.2. The molecule has 74 valence electrons. The minimum atomic E-state index is -0.606. The molecule has 0 radical (unpaired) electrons. The quantitative estimate of drug-likeness (QED) is 0.489. The summed E-state index contributed by atoms with van der Waals surface area (Å²) in [6.07, 6.45) is 0.543. The van der Waals surface area contributed by atoms with Gasteiger partial charge in [0.2, 0.25) is 5.91 Å². The van der Waals surface area contributed by atoms with E-state index in [1.54, 1.807) is 6.92 Å². The SMILES string of the molecule is CCC(N)C(=O)NC1CONC1=O. The highest BCUT2D eigenvalue weighted by atomic mass is 16.7. The minimum Gasteiger partial charge on any atom is -0.341 e. The fourth-order valence-corrected chi connectivity index (χ4v) is 0.914. The van der Waals surface area contributed by atoms with E-state index in [0.29, 0.717) is 6.42 Å². The predicted molar refractivity (Wildman–Crippen MR) is 44.3 cm³/mol. The van der Waals surface area contributed by atoms with E-state index < -0.39 is 12.1 Å². The Morgan fingerprint density at radius 2 is 2.62 bits per heavy atom. The molecule has 0 spiro atoms. The van der Waals surface area contributed by atoms with Crippen molar-refractivity contribution >= 4 is 11.8 Å². The zero-order valence-electron chi connectivity index (χ0n) is 7.37. The van der Waals surface area contributed by atoms with Crippen LogP contribution in [0.3, 0.4) is 0 Å². The monoisotopic (exact) mass is 187 g/mol. The molecule has 2 atom stereocenters. The van der Waals surface area contributed by atoms with Gasteiger partial charge in [-0.1, -0.05) is 6.92 Å². The molecule has 0 saturated carbocycles. The molecule has 0 bridgehead atoms. The van der Waals surface area contributed by atoms with E-state index in [2.05, 4.69) is 15.6 Å². The van der Waals surface area contributed by atoms with Gasteiger partial charge in [-0.3, -0.25) is 14.4 Å². The van der Waals surface area contributed by atoms with Crippen molar-refractivity contribution in [2.45, 2.75) is 25.4 Å². The van der Waals surface area contributed by atoms with Crippen LogP contribution in [0.15, 0.2) is 0 Å². The van der Waals surface area contributed by atoms with Gasteiger partial charge in [0.15, 0.2) is 0 Å². The van der Waals surface area contributed by atoms with Crippen LogP contribution in [0.5, 0.6) is 0 Å². The standard InChI is InChI=1S/C7H13N3O3/c1-2-4(8)6(11)9-5-3-13-10-7(5)12/h4-5H,2-3,8H2,1H3,(H,9,11)(H,10,12). The van der Waals surface area contributed by atoms with E-state index in [4.69, 9.17) is 5.73 Å². The summed E-state index contributed by atoms with van der Waals surface area (Å²) in [4.78, 5) is 26.8. The Balaban J connectivity index is 2.39. The molecule has 1 fully saturated rings. The molecule has 1 heterocycles. The molecule has 0 aromatic carbocycles. The van der Waals surface area contributed by atoms with Gasteiger partial charge in [0.05, 0.1) is 6.04 Å². The van der Waals surface area contributed by atoms with Gasteiger partial charge in [0.1, 0.15) is 12.6 Å². The first kappa shape index (κ1) is 9.94. The average molecular weight is 187 g/mol. The average Bonchev–Trinajstić information content (AvgIpc) is 2.50. The summed E-state index contributed by atoms with van der Waals surface area (Å²) in [7, 11) is 0. The van der Waals surface area contributed by atoms with Crippen molar-refractivity contribution in [1.29, 1.82) is 0 Å². The fourth-order valence-electron chi connectivity index (χ4n) is 0.914. The number of hydrogen-bond acceptors (Lipinski definition) is 4. The topological polar surface area (TPSA) is 93.5 Å². The Kier molecular flexibility index (Phi) is 3.21. The molecular formula is C7H13N3O3. The van der Waals surface area contributed by atoms with Crippen LogP contribution in [0.2, 0.25) is 0 Å². The van der Waals surface area contributed by atoms with E-state index in [-0.39, 0.29) is 18.4 Å².